The Morgan fingerprint density at radius 2 is 2.27 bits per heavy atom. The Morgan fingerprint density at radius 3 is 2.73 bits per heavy atom. The molecule has 7 heteroatoms. The molecule has 0 saturated carbocycles. The molecule has 1 aromatic rings. The van der Waals surface area contributed by atoms with Gasteiger partial charge < -0.3 is 5.73 Å². The number of nitrogens with zero attached hydrogens (tertiary/aromatic N) is 1. The van der Waals surface area contributed by atoms with Crippen molar-refractivity contribution < 1.29 is 4.79 Å². The maximum absolute atomic E-state index is 10.8. The third-order valence-corrected chi connectivity index (χ3v) is 1.14. The van der Waals surface area contributed by atoms with Gasteiger partial charge in [0.15, 0.2) is 4.77 Å². The van der Waals surface area contributed by atoms with Gasteiger partial charge in [0.25, 0.3) is 11.5 Å². The molecule has 0 unspecified atom stereocenters. The van der Waals surface area contributed by atoms with Gasteiger partial charge in [0.2, 0.25) is 5.69 Å². The number of amides is 1. The monoisotopic (exact) mass is 172 g/mol. The lowest BCUT2D eigenvalue weighted by Crippen LogP contribution is -2.26. The van der Waals surface area contributed by atoms with Crippen LogP contribution < -0.4 is 11.3 Å². The molecule has 0 bridgehead atoms. The maximum Gasteiger partial charge on any atom is 0.283 e. The van der Waals surface area contributed by atoms with E-state index in [2.05, 4.69) is 27.4 Å². The molecule has 0 aliphatic carbocycles. The zero-order valence-electron chi connectivity index (χ0n) is 5.25. The number of nitrogens with one attached hydrogen (secondary N) is 2. The Balaban J connectivity index is 3.43. The molecule has 58 valence electrons. The van der Waals surface area contributed by atoms with Crippen LogP contribution in [-0.2, 0) is 0 Å². The molecule has 0 aliphatic rings. The number of hydrogen-bond acceptors (Lipinski definition) is 4. The summed E-state index contributed by atoms with van der Waals surface area (Å²) in [5.74, 6) is -0.891. The Bertz CT molecular complexity index is 392. The van der Waals surface area contributed by atoms with Crippen LogP contribution in [0.15, 0.2) is 4.79 Å². The van der Waals surface area contributed by atoms with Gasteiger partial charge in [-0.15, -0.1) is 0 Å². The molecule has 4 N–H and O–H groups in total. The molecule has 0 radical (unpaired) electrons. The summed E-state index contributed by atoms with van der Waals surface area (Å²) in [5, 5.41) is 5.56. The van der Waals surface area contributed by atoms with Crippen molar-refractivity contribution in [3.8, 4) is 0 Å². The number of H-pyrrole nitrogens is 2. The van der Waals surface area contributed by atoms with Crippen molar-refractivity contribution in [1.82, 2.24) is 15.2 Å². The average molecular weight is 172 g/mol. The summed E-state index contributed by atoms with van der Waals surface area (Å²) in [4.78, 5) is 23.4. The highest BCUT2D eigenvalue weighted by atomic mass is 32.1. The molecule has 11 heavy (non-hydrogen) atoms. The van der Waals surface area contributed by atoms with E-state index in [0.29, 0.717) is 0 Å². The average Bonchev–Trinajstić information content (AvgIpc) is 1.85. The second-order valence-corrected chi connectivity index (χ2v) is 2.13. The van der Waals surface area contributed by atoms with E-state index in [4.69, 9.17) is 5.73 Å². The van der Waals surface area contributed by atoms with Gasteiger partial charge in [-0.3, -0.25) is 19.7 Å². The van der Waals surface area contributed by atoms with Crippen molar-refractivity contribution in [1.29, 1.82) is 0 Å². The highest BCUT2D eigenvalue weighted by molar-refractivity contribution is 7.71. The van der Waals surface area contributed by atoms with Crippen LogP contribution in [0.25, 0.3) is 0 Å². The summed E-state index contributed by atoms with van der Waals surface area (Å²) in [6.45, 7) is 0. The number of aromatic amines is 2. The Morgan fingerprint density at radius 1 is 1.64 bits per heavy atom. The van der Waals surface area contributed by atoms with Crippen molar-refractivity contribution in [3.63, 3.8) is 0 Å². The summed E-state index contributed by atoms with van der Waals surface area (Å²) in [6.07, 6.45) is 0. The van der Waals surface area contributed by atoms with E-state index in [1.165, 1.54) is 0 Å². The molecule has 0 atom stereocenters. The minimum atomic E-state index is -0.891. The van der Waals surface area contributed by atoms with Gasteiger partial charge in [0.1, 0.15) is 0 Å². The van der Waals surface area contributed by atoms with E-state index in [-0.39, 0.29) is 10.5 Å². The van der Waals surface area contributed by atoms with Crippen LogP contribution in [-0.4, -0.2) is 21.1 Å². The minimum Gasteiger partial charge on any atom is -0.364 e. The van der Waals surface area contributed by atoms with Crippen molar-refractivity contribution >= 4 is 18.1 Å². The van der Waals surface area contributed by atoms with Crippen LogP contribution in [0.3, 0.4) is 0 Å². The second-order valence-electron chi connectivity index (χ2n) is 1.72. The molecule has 0 saturated heterocycles. The van der Waals surface area contributed by atoms with Crippen LogP contribution >= 0.6 is 12.2 Å². The first kappa shape index (κ1) is 7.61. The number of carbonyl (C=O) groups is 1. The lowest BCUT2D eigenvalue weighted by Gasteiger charge is -1.89. The summed E-state index contributed by atoms with van der Waals surface area (Å²) >= 11 is 4.52. The number of hydrogen-bond donors (Lipinski definition) is 3. The largest absolute Gasteiger partial charge is 0.364 e. The van der Waals surface area contributed by atoms with E-state index >= 15 is 0 Å². The van der Waals surface area contributed by atoms with Crippen molar-refractivity contribution in [2.45, 2.75) is 0 Å². The molecule has 0 fully saturated rings. The molecule has 1 heterocycles. The molecule has 1 rings (SSSR count). The maximum atomic E-state index is 10.8. The van der Waals surface area contributed by atoms with Gasteiger partial charge in [-0.2, -0.15) is 5.10 Å². The summed E-state index contributed by atoms with van der Waals surface area (Å²) < 4.78 is 0.0556. The first-order valence-corrected chi connectivity index (χ1v) is 3.01. The van der Waals surface area contributed by atoms with Crippen molar-refractivity contribution in [2.75, 3.05) is 0 Å². The van der Waals surface area contributed by atoms with Crippen LogP contribution in [0, 0.1) is 4.77 Å². The Labute approximate surface area is 65.4 Å². The number of aromatic nitrogens is 3. The second kappa shape index (κ2) is 2.62. The van der Waals surface area contributed by atoms with Crippen LogP contribution in [0.1, 0.15) is 10.5 Å². The normalized spacial score (nSPS) is 9.45. The standard InChI is InChI=1S/C4H4N4O2S/c5-2(9)1-3(10)6-4(11)8-7-1/h(H2,5,9)(H2,6,8,10,11). The van der Waals surface area contributed by atoms with Crippen molar-refractivity contribution in [2.24, 2.45) is 5.73 Å². The topological polar surface area (TPSA) is 105 Å². The SMILES string of the molecule is NC(=O)c1n[nH]c(=S)[nH]c1=O. The quantitative estimate of drug-likeness (QED) is 0.469. The molecule has 6 nitrogen and oxygen atoms in total. The molecule has 0 aliphatic heterocycles. The number of primary amides is 1. The van der Waals surface area contributed by atoms with Crippen LogP contribution in [0.4, 0.5) is 0 Å². The summed E-state index contributed by atoms with van der Waals surface area (Å²) in [6, 6.07) is 0. The zero-order chi connectivity index (χ0) is 8.43. The van der Waals surface area contributed by atoms with E-state index in [1.807, 2.05) is 0 Å². The van der Waals surface area contributed by atoms with E-state index in [1.54, 1.807) is 0 Å². The van der Waals surface area contributed by atoms with E-state index < -0.39 is 11.5 Å². The highest BCUT2D eigenvalue weighted by Gasteiger charge is 2.06. The molecule has 1 aromatic heterocycles. The number of rotatable bonds is 1. The van der Waals surface area contributed by atoms with Gasteiger partial charge in [-0.1, -0.05) is 0 Å². The van der Waals surface area contributed by atoms with E-state index in [9.17, 15) is 9.59 Å². The fourth-order valence-corrected chi connectivity index (χ4v) is 0.653. The van der Waals surface area contributed by atoms with Gasteiger partial charge in [0.05, 0.1) is 0 Å². The predicted octanol–water partition coefficient (Wildman–Crippen LogP) is -1.07. The number of nitrogens with two attached hydrogens (primary N) is 1. The first-order valence-electron chi connectivity index (χ1n) is 2.60. The Hall–Kier alpha value is -1.50. The lowest BCUT2D eigenvalue weighted by molar-refractivity contribution is 0.0992. The molecule has 1 amide bonds. The summed E-state index contributed by atoms with van der Waals surface area (Å²) in [5.41, 5.74) is 3.73. The first-order chi connectivity index (χ1) is 5.11. The zero-order valence-corrected chi connectivity index (χ0v) is 6.07. The van der Waals surface area contributed by atoms with Gasteiger partial charge in [-0.25, -0.2) is 0 Å². The molecule has 0 spiro atoms. The fraction of sp³-hybridized carbons (Fsp3) is 0. The summed E-state index contributed by atoms with van der Waals surface area (Å²) in [7, 11) is 0. The third-order valence-electron chi connectivity index (χ3n) is 0.945. The van der Waals surface area contributed by atoms with E-state index in [0.717, 1.165) is 0 Å². The smallest absolute Gasteiger partial charge is 0.283 e. The van der Waals surface area contributed by atoms with Gasteiger partial charge >= 0.3 is 0 Å². The minimum absolute atomic E-state index is 0.0556. The molecular weight excluding hydrogens is 168 g/mol. The highest BCUT2D eigenvalue weighted by Crippen LogP contribution is 1.76. The predicted molar refractivity (Wildman–Crippen MR) is 38.6 cm³/mol. The Kier molecular flexibility index (Phi) is 1.81. The van der Waals surface area contributed by atoms with Crippen LogP contribution in [0.2, 0.25) is 0 Å². The fourth-order valence-electron chi connectivity index (χ4n) is 0.515. The molecular formula is C4H4N4O2S. The van der Waals surface area contributed by atoms with Crippen molar-refractivity contribution in [3.05, 3.63) is 20.8 Å². The molecule has 0 aromatic carbocycles. The lowest BCUT2D eigenvalue weighted by atomic mass is 10.4. The van der Waals surface area contributed by atoms with Crippen LogP contribution in [0.5, 0.6) is 0 Å². The third kappa shape index (κ3) is 1.49. The number of carbonyl (C=O) groups excluding carboxylic acids is 1. The van der Waals surface area contributed by atoms with Gasteiger partial charge in [-0.05, 0) is 12.2 Å². The van der Waals surface area contributed by atoms with Gasteiger partial charge in [0, 0.05) is 0 Å².